The molecule has 0 bridgehead atoms. The van der Waals surface area contributed by atoms with Gasteiger partial charge in [0.2, 0.25) is 0 Å². The van der Waals surface area contributed by atoms with Crippen LogP contribution in [0.3, 0.4) is 0 Å². The first-order chi connectivity index (χ1) is 10.1. The lowest BCUT2D eigenvalue weighted by Crippen LogP contribution is -2.36. The number of amides is 1. The van der Waals surface area contributed by atoms with Crippen LogP contribution in [0.1, 0.15) is 63.0 Å². The van der Waals surface area contributed by atoms with Gasteiger partial charge in [0, 0.05) is 30.9 Å². The third-order valence-electron chi connectivity index (χ3n) is 3.80. The number of rotatable bonds is 8. The predicted molar refractivity (Wildman–Crippen MR) is 88.9 cm³/mol. The molecule has 1 aromatic heterocycles. The normalized spacial score (nSPS) is 10.8. The number of nitrogens with one attached hydrogen (secondary N) is 1. The van der Waals surface area contributed by atoms with Crippen LogP contribution in [-0.4, -0.2) is 35.4 Å². The molecule has 0 aliphatic heterocycles. The highest BCUT2D eigenvalue weighted by atomic mass is 16.2. The molecule has 118 valence electrons. The summed E-state index contributed by atoms with van der Waals surface area (Å²) in [5.41, 5.74) is 1.72. The topological polar surface area (TPSA) is 45.2 Å². The zero-order valence-electron chi connectivity index (χ0n) is 14.1. The summed E-state index contributed by atoms with van der Waals surface area (Å²) in [6, 6.07) is 4.10. The lowest BCUT2D eigenvalue weighted by atomic mass is 10.1. The Balaban J connectivity index is 3.06. The van der Waals surface area contributed by atoms with Crippen molar-refractivity contribution in [1.82, 2.24) is 9.88 Å². The first-order valence-electron chi connectivity index (χ1n) is 8.09. The van der Waals surface area contributed by atoms with E-state index in [0.717, 1.165) is 49.3 Å². The van der Waals surface area contributed by atoms with E-state index in [-0.39, 0.29) is 5.91 Å². The number of carbonyl (C=O) groups is 1. The molecule has 0 atom stereocenters. The van der Waals surface area contributed by atoms with E-state index >= 15 is 0 Å². The predicted octanol–water partition coefficient (Wildman–Crippen LogP) is 3.73. The zero-order chi connectivity index (χ0) is 15.8. The van der Waals surface area contributed by atoms with Crippen LogP contribution in [0.2, 0.25) is 0 Å². The fraction of sp³-hybridized carbons (Fsp3) is 0.647. The van der Waals surface area contributed by atoms with E-state index in [1.165, 1.54) is 0 Å². The van der Waals surface area contributed by atoms with Crippen LogP contribution in [0, 0.1) is 0 Å². The summed E-state index contributed by atoms with van der Waals surface area (Å²) in [5, 5.41) is 3.22. The molecule has 1 rings (SSSR count). The van der Waals surface area contributed by atoms with Crippen molar-refractivity contribution in [3.63, 3.8) is 0 Å². The summed E-state index contributed by atoms with van der Waals surface area (Å²) in [6.45, 7) is 9.21. The minimum Gasteiger partial charge on any atom is -0.370 e. The Hall–Kier alpha value is -1.58. The molecule has 0 saturated carbocycles. The third kappa shape index (κ3) is 4.73. The maximum atomic E-state index is 12.7. The van der Waals surface area contributed by atoms with Crippen molar-refractivity contribution in [2.75, 3.05) is 18.9 Å². The molecule has 0 unspecified atom stereocenters. The van der Waals surface area contributed by atoms with E-state index in [2.05, 4.69) is 31.1 Å². The van der Waals surface area contributed by atoms with Crippen molar-refractivity contribution in [3.05, 3.63) is 23.4 Å². The average molecular weight is 291 g/mol. The smallest absolute Gasteiger partial charge is 0.254 e. The second kappa shape index (κ2) is 8.65. The molecule has 4 heteroatoms. The summed E-state index contributed by atoms with van der Waals surface area (Å²) in [4.78, 5) is 19.1. The maximum Gasteiger partial charge on any atom is 0.254 e. The molecule has 0 aliphatic carbocycles. The molecule has 4 nitrogen and oxygen atoms in total. The fourth-order valence-corrected chi connectivity index (χ4v) is 2.57. The lowest BCUT2D eigenvalue weighted by Gasteiger charge is -2.26. The molecule has 1 amide bonds. The summed E-state index contributed by atoms with van der Waals surface area (Å²) in [6.07, 6.45) is 3.88. The van der Waals surface area contributed by atoms with Crippen molar-refractivity contribution in [3.8, 4) is 0 Å². The van der Waals surface area contributed by atoms with Crippen LogP contribution >= 0.6 is 0 Å². The van der Waals surface area contributed by atoms with Crippen molar-refractivity contribution in [1.29, 1.82) is 0 Å². The van der Waals surface area contributed by atoms with Crippen LogP contribution in [0.4, 0.5) is 5.82 Å². The molecular weight excluding hydrogens is 262 g/mol. The Kier molecular flexibility index (Phi) is 7.20. The third-order valence-corrected chi connectivity index (χ3v) is 3.80. The highest BCUT2D eigenvalue weighted by molar-refractivity contribution is 5.95. The van der Waals surface area contributed by atoms with Gasteiger partial charge in [0.1, 0.15) is 5.82 Å². The standard InChI is InChI=1S/C17H29N3O/c1-6-10-14-11-13(12-16(19-14)18-9-4)17(21)20(5)15(7-2)8-3/h11-12,15H,6-10H2,1-5H3,(H,18,19). The van der Waals surface area contributed by atoms with Gasteiger partial charge in [0.05, 0.1) is 0 Å². The number of aromatic nitrogens is 1. The number of aryl methyl sites for hydroxylation is 1. The Morgan fingerprint density at radius 2 is 1.90 bits per heavy atom. The van der Waals surface area contributed by atoms with Gasteiger partial charge < -0.3 is 10.2 Å². The van der Waals surface area contributed by atoms with E-state index in [9.17, 15) is 4.79 Å². The highest BCUT2D eigenvalue weighted by Crippen LogP contribution is 2.16. The lowest BCUT2D eigenvalue weighted by molar-refractivity contribution is 0.0723. The molecule has 0 fully saturated rings. The van der Waals surface area contributed by atoms with Crippen molar-refractivity contribution >= 4 is 11.7 Å². The van der Waals surface area contributed by atoms with Crippen molar-refractivity contribution in [2.45, 2.75) is 59.4 Å². The van der Waals surface area contributed by atoms with Crippen LogP contribution in [0.5, 0.6) is 0 Å². The Bertz CT molecular complexity index is 431. The van der Waals surface area contributed by atoms with Gasteiger partial charge in [0.15, 0.2) is 0 Å². The average Bonchev–Trinajstić information content (AvgIpc) is 2.48. The molecule has 0 radical (unpaired) electrons. The van der Waals surface area contributed by atoms with Gasteiger partial charge in [0.25, 0.3) is 5.91 Å². The fourth-order valence-electron chi connectivity index (χ4n) is 2.57. The Morgan fingerprint density at radius 1 is 1.24 bits per heavy atom. The molecular formula is C17H29N3O. The Labute approximate surface area is 129 Å². The molecule has 0 spiro atoms. The van der Waals surface area contributed by atoms with Crippen LogP contribution in [0.15, 0.2) is 12.1 Å². The number of carbonyl (C=O) groups excluding carboxylic acids is 1. The van der Waals surface area contributed by atoms with Crippen LogP contribution in [0.25, 0.3) is 0 Å². The van der Waals surface area contributed by atoms with Gasteiger partial charge in [-0.2, -0.15) is 0 Å². The van der Waals surface area contributed by atoms with Gasteiger partial charge >= 0.3 is 0 Å². The minimum absolute atomic E-state index is 0.0857. The van der Waals surface area contributed by atoms with Gasteiger partial charge in [-0.3, -0.25) is 4.79 Å². The van der Waals surface area contributed by atoms with Crippen molar-refractivity contribution in [2.24, 2.45) is 0 Å². The number of pyridine rings is 1. The van der Waals surface area contributed by atoms with E-state index in [1.807, 2.05) is 31.0 Å². The second-order valence-corrected chi connectivity index (χ2v) is 5.40. The molecule has 1 N–H and O–H groups in total. The summed E-state index contributed by atoms with van der Waals surface area (Å²) in [7, 11) is 1.90. The SMILES string of the molecule is CCCc1cc(C(=O)N(C)C(CC)CC)cc(NCC)n1. The van der Waals surface area contributed by atoms with E-state index in [4.69, 9.17) is 0 Å². The number of hydrogen-bond acceptors (Lipinski definition) is 3. The quantitative estimate of drug-likeness (QED) is 0.794. The molecule has 0 aliphatic rings. The zero-order valence-corrected chi connectivity index (χ0v) is 14.1. The minimum atomic E-state index is 0.0857. The molecule has 21 heavy (non-hydrogen) atoms. The molecule has 1 heterocycles. The largest absolute Gasteiger partial charge is 0.370 e. The summed E-state index contributed by atoms with van der Waals surface area (Å²) < 4.78 is 0. The summed E-state index contributed by atoms with van der Waals surface area (Å²) in [5.74, 6) is 0.882. The number of nitrogens with zero attached hydrogens (tertiary/aromatic N) is 2. The first-order valence-corrected chi connectivity index (χ1v) is 8.09. The molecule has 1 aromatic rings. The van der Waals surface area contributed by atoms with Crippen LogP contribution in [-0.2, 0) is 6.42 Å². The van der Waals surface area contributed by atoms with E-state index < -0.39 is 0 Å². The number of anilines is 1. The van der Waals surface area contributed by atoms with Gasteiger partial charge in [-0.15, -0.1) is 0 Å². The highest BCUT2D eigenvalue weighted by Gasteiger charge is 2.19. The second-order valence-electron chi connectivity index (χ2n) is 5.40. The number of hydrogen-bond donors (Lipinski definition) is 1. The van der Waals surface area contributed by atoms with Crippen LogP contribution < -0.4 is 5.32 Å². The molecule has 0 aromatic carbocycles. The van der Waals surface area contributed by atoms with Gasteiger partial charge in [-0.1, -0.05) is 27.2 Å². The van der Waals surface area contributed by atoms with E-state index in [1.54, 1.807) is 0 Å². The van der Waals surface area contributed by atoms with Gasteiger partial charge in [-0.05, 0) is 38.3 Å². The van der Waals surface area contributed by atoms with Gasteiger partial charge in [-0.25, -0.2) is 4.98 Å². The molecule has 0 saturated heterocycles. The van der Waals surface area contributed by atoms with E-state index in [0.29, 0.717) is 6.04 Å². The Morgan fingerprint density at radius 3 is 2.43 bits per heavy atom. The summed E-state index contributed by atoms with van der Waals surface area (Å²) >= 11 is 0. The van der Waals surface area contributed by atoms with Crippen molar-refractivity contribution < 1.29 is 4.79 Å². The monoisotopic (exact) mass is 291 g/mol. The first kappa shape index (κ1) is 17.5. The maximum absolute atomic E-state index is 12.7.